The molecule has 12 heteroatoms. The number of pyridine rings is 2. The van der Waals surface area contributed by atoms with Crippen LogP contribution in [-0.2, 0) is 11.3 Å². The van der Waals surface area contributed by atoms with E-state index in [-0.39, 0.29) is 23.3 Å². The molecule has 0 saturated carbocycles. The topological polar surface area (TPSA) is 105 Å². The van der Waals surface area contributed by atoms with Gasteiger partial charge in [-0.3, -0.25) is 14.7 Å². The molecule has 0 radical (unpaired) electrons. The lowest BCUT2D eigenvalue weighted by molar-refractivity contribution is -0.119. The van der Waals surface area contributed by atoms with Gasteiger partial charge in [0, 0.05) is 61.2 Å². The van der Waals surface area contributed by atoms with E-state index in [2.05, 4.69) is 37.1 Å². The van der Waals surface area contributed by atoms with E-state index < -0.39 is 12.2 Å². The number of hydrogen-bond donors (Lipinski definition) is 2. The number of halogens is 3. The summed E-state index contributed by atoms with van der Waals surface area (Å²) in [5, 5.41) is 6.71. The second kappa shape index (κ2) is 14.0. The van der Waals surface area contributed by atoms with Crippen molar-refractivity contribution in [2.24, 2.45) is 0 Å². The molecule has 0 spiro atoms. The highest BCUT2D eigenvalue weighted by molar-refractivity contribution is 6.36. The summed E-state index contributed by atoms with van der Waals surface area (Å²) in [7, 11) is 1.60. The van der Waals surface area contributed by atoms with Crippen molar-refractivity contribution < 1.29 is 18.3 Å². The van der Waals surface area contributed by atoms with E-state index in [1.807, 2.05) is 55.5 Å². The fourth-order valence-corrected chi connectivity index (χ4v) is 6.34. The summed E-state index contributed by atoms with van der Waals surface area (Å²) in [6.07, 6.45) is 1.20. The first-order chi connectivity index (χ1) is 23.1. The Morgan fingerprint density at radius 1 is 1.12 bits per heavy atom. The Morgan fingerprint density at radius 2 is 1.90 bits per heavy atom. The number of methoxy groups -OCH3 is 1. The lowest BCUT2D eigenvalue weighted by Crippen LogP contribution is -2.35. The van der Waals surface area contributed by atoms with Gasteiger partial charge in [-0.2, -0.15) is 0 Å². The molecule has 1 aliphatic rings. The zero-order chi connectivity index (χ0) is 33.9. The fraction of sp³-hybridized carbons (Fsp3) is 0.250. The maximum Gasteiger partial charge on any atom is 0.297 e. The van der Waals surface area contributed by atoms with Crippen LogP contribution in [0.15, 0.2) is 67.4 Å². The van der Waals surface area contributed by atoms with Crippen LogP contribution in [0.2, 0.25) is 5.02 Å². The molecule has 2 N–H and O–H groups in total. The summed E-state index contributed by atoms with van der Waals surface area (Å²) in [5.41, 5.74) is 6.72. The molecule has 1 aliphatic heterocycles. The van der Waals surface area contributed by atoms with Gasteiger partial charge < -0.3 is 15.4 Å². The quantitative estimate of drug-likeness (QED) is 0.156. The number of alkyl halides is 2. The predicted octanol–water partition coefficient (Wildman–Crippen LogP) is 7.76. The highest BCUT2D eigenvalue weighted by Crippen LogP contribution is 2.40. The fourth-order valence-electron chi connectivity index (χ4n) is 6.02. The second-order valence-corrected chi connectivity index (χ2v) is 12.0. The van der Waals surface area contributed by atoms with Gasteiger partial charge >= 0.3 is 0 Å². The van der Waals surface area contributed by atoms with Crippen molar-refractivity contribution in [1.82, 2.24) is 30.2 Å². The van der Waals surface area contributed by atoms with Crippen molar-refractivity contribution in [3.63, 3.8) is 0 Å². The number of carbonyl (C=O) groups is 1. The van der Waals surface area contributed by atoms with Gasteiger partial charge in [-0.25, -0.2) is 23.7 Å². The normalized spacial score (nSPS) is 14.8. The number of rotatable bonds is 10. The van der Waals surface area contributed by atoms with Gasteiger partial charge in [0.25, 0.3) is 6.43 Å². The molecule has 1 atom stereocenters. The average Bonchev–Trinajstić information content (AvgIpc) is 3.51. The Kier molecular flexibility index (Phi) is 9.61. The molecule has 3 aromatic heterocycles. The zero-order valence-corrected chi connectivity index (χ0v) is 27.5. The van der Waals surface area contributed by atoms with Gasteiger partial charge in [0.05, 0.1) is 23.3 Å². The van der Waals surface area contributed by atoms with Crippen LogP contribution < -0.4 is 15.4 Å². The SMILES string of the molecule is C=Cc1cnc2c(Nc3cccc(-c4cccc(-c5ccc(CN6CC[C@@H](NC(C)=O)C6)c(OC)n5)c4Cl)c3C)nc(C(F)F)nc2c1. The van der Waals surface area contributed by atoms with Gasteiger partial charge in [-0.15, -0.1) is 0 Å². The van der Waals surface area contributed by atoms with Gasteiger partial charge in [0.2, 0.25) is 11.8 Å². The van der Waals surface area contributed by atoms with Crippen molar-refractivity contribution in [2.75, 3.05) is 25.5 Å². The number of nitrogens with one attached hydrogen (secondary N) is 2. The van der Waals surface area contributed by atoms with Crippen LogP contribution in [0.3, 0.4) is 0 Å². The Labute approximate surface area is 282 Å². The third-order valence-corrected chi connectivity index (χ3v) is 8.77. The molecular weight excluding hydrogens is 636 g/mol. The maximum atomic E-state index is 13.8. The maximum absolute atomic E-state index is 13.8. The monoisotopic (exact) mass is 669 g/mol. The molecule has 5 aromatic rings. The number of carbonyl (C=O) groups excluding carboxylic acids is 1. The lowest BCUT2D eigenvalue weighted by atomic mass is 9.96. The van der Waals surface area contributed by atoms with Crippen LogP contribution in [0.4, 0.5) is 20.3 Å². The number of hydrogen-bond acceptors (Lipinski definition) is 8. The molecule has 2 aromatic carbocycles. The molecule has 1 saturated heterocycles. The minimum absolute atomic E-state index is 0.0227. The third kappa shape index (κ3) is 6.83. The van der Waals surface area contributed by atoms with Crippen molar-refractivity contribution >= 4 is 46.1 Å². The standard InChI is InChI=1S/C36H34ClF2N7O2/c1-5-22-16-30-32(40-17-22)34(45-35(43-30)33(38)39)42-28-11-7-8-25(20(28)2)26-9-6-10-27(31(26)37)29-13-12-23(36(44-29)48-4)18-46-15-14-24(19-46)41-21(3)47/h5-13,16-17,24,33H,1,14-15,18-19H2,2-4H3,(H,41,47)(H,42,43,45)/t24-/m1/s1. The van der Waals surface area contributed by atoms with Crippen LogP contribution in [-0.4, -0.2) is 57.0 Å². The van der Waals surface area contributed by atoms with E-state index >= 15 is 0 Å². The first-order valence-corrected chi connectivity index (χ1v) is 15.8. The number of aromatic nitrogens is 4. The van der Waals surface area contributed by atoms with E-state index in [0.717, 1.165) is 47.3 Å². The number of ether oxygens (including phenoxy) is 1. The summed E-state index contributed by atoms with van der Waals surface area (Å²) in [5.74, 6) is 0.0573. The number of anilines is 2. The summed E-state index contributed by atoms with van der Waals surface area (Å²) in [6, 6.07) is 17.1. The van der Waals surface area contributed by atoms with Gasteiger partial charge in [0.15, 0.2) is 11.6 Å². The number of amides is 1. The molecule has 1 amide bonds. The molecule has 9 nitrogen and oxygen atoms in total. The molecule has 4 heterocycles. The van der Waals surface area contributed by atoms with Crippen LogP contribution >= 0.6 is 11.6 Å². The number of benzene rings is 2. The second-order valence-electron chi connectivity index (χ2n) is 11.6. The van der Waals surface area contributed by atoms with Crippen LogP contribution in [0.25, 0.3) is 39.5 Å². The van der Waals surface area contributed by atoms with Crippen molar-refractivity contribution in [3.05, 3.63) is 94.9 Å². The molecule has 0 aliphatic carbocycles. The minimum atomic E-state index is -2.86. The predicted molar refractivity (Wildman–Crippen MR) is 185 cm³/mol. The van der Waals surface area contributed by atoms with Crippen LogP contribution in [0.1, 0.15) is 42.3 Å². The zero-order valence-electron chi connectivity index (χ0n) is 26.7. The van der Waals surface area contributed by atoms with E-state index in [1.165, 1.54) is 6.92 Å². The molecule has 0 unspecified atom stereocenters. The Bertz CT molecular complexity index is 2020. The summed E-state index contributed by atoms with van der Waals surface area (Å²) in [4.78, 5) is 31.1. The molecule has 1 fully saturated rings. The molecule has 6 rings (SSSR count). The Balaban J connectivity index is 1.30. The highest BCUT2D eigenvalue weighted by atomic mass is 35.5. The van der Waals surface area contributed by atoms with E-state index in [1.54, 1.807) is 25.4 Å². The largest absolute Gasteiger partial charge is 0.481 e. The van der Waals surface area contributed by atoms with Crippen LogP contribution in [0.5, 0.6) is 5.88 Å². The lowest BCUT2D eigenvalue weighted by Gasteiger charge is -2.19. The van der Waals surface area contributed by atoms with Gasteiger partial charge in [0.1, 0.15) is 5.52 Å². The molecular formula is C36H34ClF2N7O2. The number of nitrogens with zero attached hydrogens (tertiary/aromatic N) is 5. The molecule has 48 heavy (non-hydrogen) atoms. The summed E-state index contributed by atoms with van der Waals surface area (Å²) >= 11 is 7.09. The average molecular weight is 670 g/mol. The molecule has 246 valence electrons. The summed E-state index contributed by atoms with van der Waals surface area (Å²) in [6.45, 7) is 9.46. The van der Waals surface area contributed by atoms with E-state index in [0.29, 0.717) is 39.9 Å². The highest BCUT2D eigenvalue weighted by Gasteiger charge is 2.25. The van der Waals surface area contributed by atoms with E-state index in [4.69, 9.17) is 21.3 Å². The van der Waals surface area contributed by atoms with Gasteiger partial charge in [-0.05, 0) is 48.2 Å². The Hall–Kier alpha value is -5.00. The van der Waals surface area contributed by atoms with E-state index in [9.17, 15) is 13.6 Å². The van der Waals surface area contributed by atoms with Crippen molar-refractivity contribution in [2.45, 2.75) is 39.3 Å². The van der Waals surface area contributed by atoms with Crippen molar-refractivity contribution in [1.29, 1.82) is 0 Å². The number of likely N-dealkylation sites (tertiary alicyclic amines) is 1. The minimum Gasteiger partial charge on any atom is -0.481 e. The summed E-state index contributed by atoms with van der Waals surface area (Å²) < 4.78 is 33.2. The first-order valence-electron chi connectivity index (χ1n) is 15.4. The molecule has 0 bridgehead atoms. The smallest absolute Gasteiger partial charge is 0.297 e. The Morgan fingerprint density at radius 3 is 2.65 bits per heavy atom. The van der Waals surface area contributed by atoms with Crippen LogP contribution in [0, 0.1) is 6.92 Å². The first kappa shape index (κ1) is 32.9. The van der Waals surface area contributed by atoms with Gasteiger partial charge in [-0.1, -0.05) is 60.7 Å². The number of fused-ring (bicyclic) bond motifs is 1. The third-order valence-electron chi connectivity index (χ3n) is 8.36. The van der Waals surface area contributed by atoms with Crippen molar-refractivity contribution in [3.8, 4) is 28.3 Å².